The molecule has 1 saturated heterocycles. The number of phenolic OH excluding ortho intramolecular Hbond substituents is 2. The van der Waals surface area contributed by atoms with E-state index in [-0.39, 0.29) is 51.1 Å². The minimum absolute atomic E-state index is 0.00157. The molecule has 3 aromatic heterocycles. The number of H-pyrrole nitrogens is 1. The highest BCUT2D eigenvalue weighted by Gasteiger charge is 2.54. The Labute approximate surface area is 321 Å². The molecule has 0 saturated carbocycles. The van der Waals surface area contributed by atoms with Crippen molar-refractivity contribution in [2.75, 3.05) is 17.2 Å². The number of anilines is 1. The zero-order valence-electron chi connectivity index (χ0n) is 27.9. The number of amides is 2. The summed E-state index contributed by atoms with van der Waals surface area (Å²) in [5.74, 6) is -3.35. The van der Waals surface area contributed by atoms with E-state index in [9.17, 15) is 39.6 Å². The number of nitrogens with two attached hydrogens (primary N) is 1. The maximum Gasteiger partial charge on any atom is 0.352 e. The van der Waals surface area contributed by atoms with Crippen molar-refractivity contribution in [1.82, 2.24) is 35.1 Å². The summed E-state index contributed by atoms with van der Waals surface area (Å²) in [6.07, 6.45) is 2.51. The van der Waals surface area contributed by atoms with Gasteiger partial charge in [-0.25, -0.2) is 24.7 Å². The van der Waals surface area contributed by atoms with Crippen molar-refractivity contribution < 1.29 is 39.6 Å². The highest BCUT2D eigenvalue weighted by atomic mass is 32.2. The Morgan fingerprint density at radius 3 is 2.55 bits per heavy atom. The van der Waals surface area contributed by atoms with Gasteiger partial charge < -0.3 is 41.3 Å². The molecule has 0 bridgehead atoms. The van der Waals surface area contributed by atoms with Gasteiger partial charge in [0, 0.05) is 34.2 Å². The van der Waals surface area contributed by atoms with E-state index >= 15 is 0 Å². The Morgan fingerprint density at radius 1 is 1.04 bits per heavy atom. The number of hydrogen-bond acceptors (Lipinski definition) is 17. The highest BCUT2D eigenvalue weighted by Crippen LogP contribution is 2.43. The minimum atomic E-state index is -1.33. The fraction of sp³-hybridized carbons (Fsp3) is 0.147. The number of thioether (sulfide) groups is 2. The van der Waals surface area contributed by atoms with Crippen LogP contribution in [0, 0.1) is 0 Å². The number of nitrogens with one attached hydrogen (secondary N) is 2. The molecule has 5 aromatic rings. The number of thiazole rings is 1. The number of carboxylic acids is 1. The predicted molar refractivity (Wildman–Crippen MR) is 201 cm³/mol. The number of aromatic nitrogens is 5. The molecule has 5 heterocycles. The molecule has 0 aliphatic carbocycles. The lowest BCUT2D eigenvalue weighted by Gasteiger charge is -2.49. The van der Waals surface area contributed by atoms with Gasteiger partial charge in [-0.05, 0) is 23.3 Å². The second-order valence-corrected chi connectivity index (χ2v) is 14.7. The fourth-order valence-electron chi connectivity index (χ4n) is 5.51. The Kier molecular flexibility index (Phi) is 10.4. The van der Waals surface area contributed by atoms with Crippen LogP contribution in [0.4, 0.5) is 5.13 Å². The van der Waals surface area contributed by atoms with Crippen LogP contribution in [0.2, 0.25) is 0 Å². The fourth-order valence-corrected chi connectivity index (χ4v) is 8.56. The number of carbonyl (C=O) groups excluding carboxylic acids is 2. The number of rotatable bonds is 12. The molecule has 8 N–H and O–H groups in total. The molecular weight excluding hydrogens is 775 g/mol. The molecule has 18 nitrogen and oxygen atoms in total. The Hall–Kier alpha value is -6.45. The molecule has 2 aliphatic heterocycles. The van der Waals surface area contributed by atoms with Crippen molar-refractivity contribution in [1.29, 1.82) is 0 Å². The van der Waals surface area contributed by atoms with E-state index in [2.05, 4.69) is 30.4 Å². The van der Waals surface area contributed by atoms with E-state index in [1.165, 1.54) is 41.0 Å². The number of carbonyl (C=O) groups is 3. The monoisotopic (exact) mass is 801 g/mol. The Balaban J connectivity index is 1.10. The van der Waals surface area contributed by atoms with Gasteiger partial charge in [-0.3, -0.25) is 19.3 Å². The van der Waals surface area contributed by atoms with Crippen LogP contribution >= 0.6 is 34.9 Å². The standard InChI is InChI=1S/C34H27N9O9S3/c35-34-38-19(14-55-34)24(42-52-11-23-36-10-22(46)28(47)39-23)29(48)40-25-31(49)43-26(33(50)51)17(13-54-32(25)43)12-53-30-18(16-6-7-20(44)21(45)8-16)9-37-27(41-30)15-4-2-1-3-5-15/h1-10,14,25,32,44-46H,11-13H2,(H2,35,38)(H,40,48)(H,50,51)(H,36,39,47)/t25-,32-/m1/s1. The van der Waals surface area contributed by atoms with Gasteiger partial charge in [0.25, 0.3) is 17.4 Å². The molecule has 7 rings (SSSR count). The van der Waals surface area contributed by atoms with Gasteiger partial charge in [0.05, 0.1) is 6.20 Å². The van der Waals surface area contributed by atoms with Crippen LogP contribution in [0.3, 0.4) is 0 Å². The number of fused-ring (bicyclic) bond motifs is 1. The highest BCUT2D eigenvalue weighted by molar-refractivity contribution is 8.01. The van der Waals surface area contributed by atoms with Crippen molar-refractivity contribution in [2.24, 2.45) is 5.16 Å². The quantitative estimate of drug-likeness (QED) is 0.0238. The number of nitrogen functional groups attached to an aromatic ring is 1. The van der Waals surface area contributed by atoms with Crippen molar-refractivity contribution in [2.45, 2.75) is 23.0 Å². The summed E-state index contributed by atoms with van der Waals surface area (Å²) >= 11 is 3.51. The van der Waals surface area contributed by atoms with Gasteiger partial charge in [0.15, 0.2) is 40.5 Å². The van der Waals surface area contributed by atoms with Crippen LogP contribution in [-0.4, -0.2) is 96.7 Å². The number of nitrogens with zero attached hydrogens (tertiary/aromatic N) is 6. The van der Waals surface area contributed by atoms with E-state index in [4.69, 9.17) is 15.6 Å². The lowest BCUT2D eigenvalue weighted by Crippen LogP contribution is -2.71. The molecule has 0 radical (unpaired) electrons. The van der Waals surface area contributed by atoms with Crippen LogP contribution in [-0.2, 0) is 25.8 Å². The molecule has 2 atom stereocenters. The number of aromatic amines is 1. The van der Waals surface area contributed by atoms with Crippen molar-refractivity contribution >= 4 is 63.5 Å². The van der Waals surface area contributed by atoms with Crippen LogP contribution in [0.1, 0.15) is 11.5 Å². The third kappa shape index (κ3) is 7.65. The molecule has 0 unspecified atom stereocenters. The first kappa shape index (κ1) is 36.9. The SMILES string of the molecule is Nc1nc(C(=NOCc2ncc(O)c(=O)[nH]2)C(=O)N[C@@H]2C(=O)N3C(C(=O)O)=C(CSc4nc(-c5ccccc5)ncc4-c4ccc(O)c(O)c4)CS[C@H]23)cs1. The summed E-state index contributed by atoms with van der Waals surface area (Å²) in [4.78, 5) is 77.3. The van der Waals surface area contributed by atoms with Crippen molar-refractivity contribution in [3.63, 3.8) is 0 Å². The summed E-state index contributed by atoms with van der Waals surface area (Å²) in [6, 6.07) is 12.4. The number of oxime groups is 1. The van der Waals surface area contributed by atoms with Crippen LogP contribution in [0.15, 0.2) is 92.6 Å². The van der Waals surface area contributed by atoms with E-state index in [1.54, 1.807) is 12.3 Å². The average molecular weight is 802 g/mol. The number of β-lactam (4-membered cyclic amide) rings is 1. The second kappa shape index (κ2) is 15.5. The van der Waals surface area contributed by atoms with E-state index in [0.29, 0.717) is 27.6 Å². The molecule has 0 spiro atoms. The van der Waals surface area contributed by atoms with Gasteiger partial charge in [-0.15, -0.1) is 34.9 Å². The van der Waals surface area contributed by atoms with Crippen molar-refractivity contribution in [3.8, 4) is 39.8 Å². The number of carboxylic acid groups (broad SMARTS) is 1. The largest absolute Gasteiger partial charge is 0.504 e. The minimum Gasteiger partial charge on any atom is -0.504 e. The first-order valence-corrected chi connectivity index (χ1v) is 18.9. The van der Waals surface area contributed by atoms with Crippen molar-refractivity contribution in [3.05, 3.63) is 99.4 Å². The number of phenols is 2. The van der Waals surface area contributed by atoms with Gasteiger partial charge >= 0.3 is 5.97 Å². The Morgan fingerprint density at radius 2 is 1.84 bits per heavy atom. The number of hydrogen-bond donors (Lipinski definition) is 7. The number of aromatic hydroxyl groups is 3. The van der Waals surface area contributed by atoms with E-state index < -0.39 is 47.1 Å². The van der Waals surface area contributed by atoms with E-state index in [0.717, 1.165) is 28.0 Å². The third-order valence-corrected chi connectivity index (χ3v) is 11.3. The third-order valence-electron chi connectivity index (χ3n) is 8.16. The van der Waals surface area contributed by atoms with Gasteiger partial charge in [-0.1, -0.05) is 41.6 Å². The number of aliphatic carboxylic acids is 1. The molecule has 2 amide bonds. The van der Waals surface area contributed by atoms with E-state index in [1.807, 2.05) is 30.3 Å². The first-order chi connectivity index (χ1) is 26.5. The Bertz CT molecular complexity index is 2460. The topological polar surface area (TPSA) is 279 Å². The van der Waals surface area contributed by atoms with Crippen LogP contribution in [0.25, 0.3) is 22.5 Å². The lowest BCUT2D eigenvalue weighted by molar-refractivity contribution is -0.150. The average Bonchev–Trinajstić information content (AvgIpc) is 3.62. The summed E-state index contributed by atoms with van der Waals surface area (Å²) in [7, 11) is 0. The second-order valence-electron chi connectivity index (χ2n) is 11.7. The summed E-state index contributed by atoms with van der Waals surface area (Å²) < 4.78 is 0. The molecular formula is C34H27N9O9S3. The maximum absolute atomic E-state index is 13.5. The first-order valence-electron chi connectivity index (χ1n) is 16.0. The lowest BCUT2D eigenvalue weighted by atomic mass is 10.0. The van der Waals surface area contributed by atoms with Gasteiger partial charge in [0.1, 0.15) is 33.7 Å². The smallest absolute Gasteiger partial charge is 0.352 e. The molecule has 21 heteroatoms. The molecule has 2 aromatic carbocycles. The van der Waals surface area contributed by atoms with Crippen LogP contribution in [0.5, 0.6) is 17.2 Å². The zero-order chi connectivity index (χ0) is 38.8. The zero-order valence-corrected chi connectivity index (χ0v) is 30.4. The molecule has 55 heavy (non-hydrogen) atoms. The number of benzene rings is 2. The molecule has 280 valence electrons. The summed E-state index contributed by atoms with van der Waals surface area (Å²) in [5.41, 5.74) is 6.67. The maximum atomic E-state index is 13.5. The van der Waals surface area contributed by atoms with Crippen LogP contribution < -0.4 is 16.6 Å². The normalized spacial score (nSPS) is 16.7. The molecule has 2 aliphatic rings. The summed E-state index contributed by atoms with van der Waals surface area (Å²) in [5, 5.41) is 47.5. The van der Waals surface area contributed by atoms with Gasteiger partial charge in [-0.2, -0.15) is 0 Å². The van der Waals surface area contributed by atoms with Gasteiger partial charge in [0.2, 0.25) is 0 Å². The molecule has 1 fully saturated rings. The predicted octanol–water partition coefficient (Wildman–Crippen LogP) is 2.50. The summed E-state index contributed by atoms with van der Waals surface area (Å²) in [6.45, 7) is -0.393.